The molecule has 1 fully saturated rings. The molecule has 3 heterocycles. The Hall–Kier alpha value is -3.91. The van der Waals surface area contributed by atoms with E-state index in [4.69, 9.17) is 4.84 Å². The molecule has 0 unspecified atom stereocenters. The molecule has 8 heteroatoms. The van der Waals surface area contributed by atoms with Crippen LogP contribution in [0.4, 0.5) is 5.69 Å². The number of hydrogen-bond acceptors (Lipinski definition) is 6. The molecule has 0 bridgehead atoms. The summed E-state index contributed by atoms with van der Waals surface area (Å²) in [5.41, 5.74) is 3.48. The molecule has 7 nitrogen and oxygen atoms in total. The second kappa shape index (κ2) is 11.0. The summed E-state index contributed by atoms with van der Waals surface area (Å²) in [6.45, 7) is 0.739. The van der Waals surface area contributed by atoms with Gasteiger partial charge in [-0.2, -0.15) is 4.57 Å². The van der Waals surface area contributed by atoms with Crippen molar-refractivity contribution in [3.8, 4) is 0 Å². The predicted molar refractivity (Wildman–Crippen MR) is 143 cm³/mol. The largest absolute Gasteiger partial charge is 0.338 e. The number of carbonyl (C=O) groups is 3. The van der Waals surface area contributed by atoms with E-state index in [9.17, 15) is 14.4 Å². The van der Waals surface area contributed by atoms with Gasteiger partial charge >= 0.3 is 5.97 Å². The standard InChI is InChI=1S/C29H28N3O4S/c1-30-24-12-4-5-13-25(24)37-28(30)14-8-9-21-18-20-31(23-11-3-2-10-22(21)23)19-7-6-15-29(35)36-32-26(33)16-17-27(32)34/h2-5,8-14,18,20H,6-7,15-17,19H2,1H3/q+1. The number of benzene rings is 2. The number of anilines is 1. The molecule has 188 valence electrons. The van der Waals surface area contributed by atoms with Gasteiger partial charge in [0.05, 0.1) is 16.1 Å². The van der Waals surface area contributed by atoms with Crippen LogP contribution in [0.2, 0.25) is 0 Å². The van der Waals surface area contributed by atoms with E-state index in [0.29, 0.717) is 11.5 Å². The zero-order chi connectivity index (χ0) is 25.8. The first-order chi connectivity index (χ1) is 18.0. The Morgan fingerprint density at radius 2 is 1.78 bits per heavy atom. The molecule has 0 saturated carbocycles. The van der Waals surface area contributed by atoms with Crippen LogP contribution in [0, 0.1) is 0 Å². The zero-order valence-electron chi connectivity index (χ0n) is 20.6. The molecule has 2 aromatic carbocycles. The molecule has 5 rings (SSSR count). The van der Waals surface area contributed by atoms with E-state index >= 15 is 0 Å². The number of aromatic nitrogens is 1. The van der Waals surface area contributed by atoms with Crippen molar-refractivity contribution in [3.05, 3.63) is 83.5 Å². The van der Waals surface area contributed by atoms with Crippen LogP contribution in [0.15, 0.2) is 82.9 Å². The summed E-state index contributed by atoms with van der Waals surface area (Å²) in [7, 11) is 2.09. The number of imide groups is 1. The molecule has 2 amide bonds. The van der Waals surface area contributed by atoms with Gasteiger partial charge in [0, 0.05) is 49.8 Å². The average molecular weight is 515 g/mol. The highest BCUT2D eigenvalue weighted by Crippen LogP contribution is 2.44. The van der Waals surface area contributed by atoms with E-state index in [2.05, 4.69) is 83.4 Å². The third kappa shape index (κ3) is 5.44. The Morgan fingerprint density at radius 1 is 1.03 bits per heavy atom. The van der Waals surface area contributed by atoms with Gasteiger partial charge in [0.1, 0.15) is 6.54 Å². The van der Waals surface area contributed by atoms with E-state index in [1.165, 1.54) is 15.6 Å². The highest BCUT2D eigenvalue weighted by atomic mass is 32.2. The number of aryl methyl sites for hydroxylation is 1. The van der Waals surface area contributed by atoms with Crippen LogP contribution >= 0.6 is 11.8 Å². The van der Waals surface area contributed by atoms with E-state index < -0.39 is 17.8 Å². The van der Waals surface area contributed by atoms with Crippen LogP contribution in [0.5, 0.6) is 0 Å². The fraction of sp³-hybridized carbons (Fsp3) is 0.241. The first kappa shape index (κ1) is 24.8. The lowest BCUT2D eigenvalue weighted by molar-refractivity contribution is -0.671. The number of allylic oxidation sites excluding steroid dienone is 2. The second-order valence-corrected chi connectivity index (χ2v) is 10.0. The molecule has 1 saturated heterocycles. The summed E-state index contributed by atoms with van der Waals surface area (Å²) >= 11 is 1.77. The third-order valence-corrected chi connectivity index (χ3v) is 7.66. The fourth-order valence-electron chi connectivity index (χ4n) is 4.51. The Kier molecular flexibility index (Phi) is 7.37. The first-order valence-electron chi connectivity index (χ1n) is 12.4. The molecular formula is C29H28N3O4S+. The SMILES string of the molecule is CN1/C(=C/C=C/c2cc[n+](CCCCC(=O)ON3C(=O)CCC3=O)c3ccccc23)Sc2ccccc21. The maximum Gasteiger partial charge on any atom is 0.333 e. The van der Waals surface area contributed by atoms with Gasteiger partial charge in [-0.15, -0.1) is 5.06 Å². The molecule has 2 aliphatic rings. The Labute approximate surface area is 220 Å². The molecule has 0 aliphatic carbocycles. The first-order valence-corrected chi connectivity index (χ1v) is 13.2. The summed E-state index contributed by atoms with van der Waals surface area (Å²) in [5.74, 6) is -1.46. The Balaban J connectivity index is 1.20. The quantitative estimate of drug-likeness (QED) is 0.239. The summed E-state index contributed by atoms with van der Waals surface area (Å²) in [5, 5.41) is 2.94. The van der Waals surface area contributed by atoms with Crippen molar-refractivity contribution in [3.63, 3.8) is 0 Å². The normalized spacial score (nSPS) is 16.4. The smallest absolute Gasteiger partial charge is 0.333 e. The molecule has 0 N–H and O–H groups in total. The number of unbranched alkanes of at least 4 members (excludes halogenated alkanes) is 1. The molecule has 0 atom stereocenters. The highest BCUT2D eigenvalue weighted by Gasteiger charge is 2.32. The molecule has 2 aliphatic heterocycles. The highest BCUT2D eigenvalue weighted by molar-refractivity contribution is 8.03. The van der Waals surface area contributed by atoms with Gasteiger partial charge < -0.3 is 9.74 Å². The second-order valence-electron chi connectivity index (χ2n) is 8.98. The Bertz CT molecular complexity index is 1420. The molecule has 37 heavy (non-hydrogen) atoms. The van der Waals surface area contributed by atoms with E-state index in [-0.39, 0.29) is 19.3 Å². The third-order valence-electron chi connectivity index (χ3n) is 6.47. The number of fused-ring (bicyclic) bond motifs is 2. The van der Waals surface area contributed by atoms with Crippen molar-refractivity contribution >= 4 is 52.2 Å². The summed E-state index contributed by atoms with van der Waals surface area (Å²) < 4.78 is 2.18. The average Bonchev–Trinajstić information content (AvgIpc) is 3.40. The number of para-hydroxylation sites is 2. The van der Waals surface area contributed by atoms with Crippen LogP contribution < -0.4 is 9.47 Å². The van der Waals surface area contributed by atoms with Crippen molar-refractivity contribution in [2.24, 2.45) is 0 Å². The van der Waals surface area contributed by atoms with Gasteiger partial charge in [0.15, 0.2) is 6.20 Å². The lowest BCUT2D eigenvalue weighted by Crippen LogP contribution is -2.34. The fourth-order valence-corrected chi connectivity index (χ4v) is 5.57. The minimum Gasteiger partial charge on any atom is -0.338 e. The van der Waals surface area contributed by atoms with Crippen molar-refractivity contribution in [2.75, 3.05) is 11.9 Å². The summed E-state index contributed by atoms with van der Waals surface area (Å²) in [6.07, 6.45) is 10.2. The van der Waals surface area contributed by atoms with Gasteiger partial charge in [-0.05, 0) is 36.3 Å². The maximum absolute atomic E-state index is 12.0. The number of thioether (sulfide) groups is 1. The van der Waals surface area contributed by atoms with Gasteiger partial charge in [-0.1, -0.05) is 48.2 Å². The monoisotopic (exact) mass is 514 g/mol. The van der Waals surface area contributed by atoms with Crippen molar-refractivity contribution in [1.29, 1.82) is 0 Å². The maximum atomic E-state index is 12.0. The summed E-state index contributed by atoms with van der Waals surface area (Å²) in [6, 6.07) is 18.8. The molecular weight excluding hydrogens is 486 g/mol. The number of pyridine rings is 1. The topological polar surface area (TPSA) is 70.8 Å². The minimum atomic E-state index is -0.553. The van der Waals surface area contributed by atoms with E-state index in [0.717, 1.165) is 29.4 Å². The number of amides is 2. The van der Waals surface area contributed by atoms with Gasteiger partial charge in [0.2, 0.25) is 5.52 Å². The molecule has 3 aromatic rings. The predicted octanol–water partition coefficient (Wildman–Crippen LogP) is 5.00. The molecule has 1 aromatic heterocycles. The van der Waals surface area contributed by atoms with E-state index in [1.807, 2.05) is 12.1 Å². The number of rotatable bonds is 8. The van der Waals surface area contributed by atoms with Crippen molar-refractivity contribution in [1.82, 2.24) is 5.06 Å². The number of hydrogen-bond donors (Lipinski definition) is 0. The van der Waals surface area contributed by atoms with Crippen LogP contribution in [-0.4, -0.2) is 29.9 Å². The number of carbonyl (C=O) groups excluding carboxylic acids is 3. The number of hydroxylamine groups is 2. The molecule has 0 spiro atoms. The van der Waals surface area contributed by atoms with Crippen LogP contribution in [0.1, 0.15) is 37.7 Å². The lowest BCUT2D eigenvalue weighted by Gasteiger charge is -2.12. The van der Waals surface area contributed by atoms with Gasteiger partial charge in [-0.3, -0.25) is 9.59 Å². The van der Waals surface area contributed by atoms with Crippen molar-refractivity contribution in [2.45, 2.75) is 43.5 Å². The van der Waals surface area contributed by atoms with E-state index in [1.54, 1.807) is 11.8 Å². The Morgan fingerprint density at radius 3 is 2.59 bits per heavy atom. The van der Waals surface area contributed by atoms with Gasteiger partial charge in [-0.25, -0.2) is 4.79 Å². The van der Waals surface area contributed by atoms with Crippen LogP contribution in [-0.2, 0) is 25.8 Å². The summed E-state index contributed by atoms with van der Waals surface area (Å²) in [4.78, 5) is 43.7. The minimum absolute atomic E-state index is 0.0999. The van der Waals surface area contributed by atoms with Crippen molar-refractivity contribution < 1.29 is 23.8 Å². The van der Waals surface area contributed by atoms with Gasteiger partial charge in [0.25, 0.3) is 11.8 Å². The van der Waals surface area contributed by atoms with Crippen LogP contribution in [0.25, 0.3) is 17.0 Å². The number of nitrogens with zero attached hydrogens (tertiary/aromatic N) is 3. The zero-order valence-corrected chi connectivity index (χ0v) is 21.4. The lowest BCUT2D eigenvalue weighted by atomic mass is 10.1. The van der Waals surface area contributed by atoms with Crippen LogP contribution in [0.3, 0.4) is 0 Å². The molecule has 0 radical (unpaired) electrons.